The van der Waals surface area contributed by atoms with Crippen LogP contribution >= 0.6 is 0 Å². The average Bonchev–Trinajstić information content (AvgIpc) is 2.62. The molecule has 0 amide bonds. The lowest BCUT2D eigenvalue weighted by Crippen LogP contribution is -1.85. The molecular formula is C13H12. The van der Waals surface area contributed by atoms with E-state index in [-0.39, 0.29) is 0 Å². The molecule has 13 heavy (non-hydrogen) atoms. The van der Waals surface area contributed by atoms with Crippen LogP contribution in [0, 0.1) is 6.92 Å². The van der Waals surface area contributed by atoms with Gasteiger partial charge >= 0.3 is 0 Å². The number of hydrogen-bond donors (Lipinski definition) is 0. The van der Waals surface area contributed by atoms with Gasteiger partial charge in [-0.3, -0.25) is 0 Å². The van der Waals surface area contributed by atoms with Crippen molar-refractivity contribution in [3.63, 3.8) is 0 Å². The van der Waals surface area contributed by atoms with E-state index in [0.717, 1.165) is 6.42 Å². The number of aryl methyl sites for hydroxylation is 1. The van der Waals surface area contributed by atoms with Crippen LogP contribution in [0.25, 0.3) is 0 Å². The molecule has 0 heteroatoms. The molecule has 1 aliphatic rings. The van der Waals surface area contributed by atoms with Crippen molar-refractivity contribution >= 4 is 0 Å². The average molecular weight is 168 g/mol. The van der Waals surface area contributed by atoms with Crippen molar-refractivity contribution in [3.8, 4) is 0 Å². The van der Waals surface area contributed by atoms with Crippen LogP contribution in [0.5, 0.6) is 0 Å². The van der Waals surface area contributed by atoms with E-state index < -0.39 is 0 Å². The first-order chi connectivity index (χ1) is 6.34. The lowest BCUT2D eigenvalue weighted by Gasteiger charge is -1.99. The van der Waals surface area contributed by atoms with Crippen molar-refractivity contribution in [2.75, 3.05) is 0 Å². The van der Waals surface area contributed by atoms with Crippen LogP contribution in [0.15, 0.2) is 53.8 Å². The summed E-state index contributed by atoms with van der Waals surface area (Å²) in [6, 6.07) is 8.66. The molecule has 0 saturated heterocycles. The predicted molar refractivity (Wildman–Crippen MR) is 55.6 cm³/mol. The summed E-state index contributed by atoms with van der Waals surface area (Å²) in [5.41, 5.74) is 7.14. The Hall–Kier alpha value is -1.52. The zero-order valence-electron chi connectivity index (χ0n) is 7.75. The van der Waals surface area contributed by atoms with Crippen molar-refractivity contribution in [3.05, 3.63) is 64.9 Å². The van der Waals surface area contributed by atoms with Gasteiger partial charge in [-0.1, -0.05) is 42.0 Å². The molecule has 0 nitrogen and oxygen atoms in total. The van der Waals surface area contributed by atoms with Crippen LogP contribution in [-0.4, -0.2) is 0 Å². The van der Waals surface area contributed by atoms with Gasteiger partial charge in [0.05, 0.1) is 0 Å². The molecule has 0 aromatic heterocycles. The summed E-state index contributed by atoms with van der Waals surface area (Å²) in [6.45, 7) is 2.11. The number of allylic oxidation sites excluding steroid dienone is 3. The molecule has 0 N–H and O–H groups in total. The molecule has 0 atom stereocenters. The van der Waals surface area contributed by atoms with E-state index in [1.165, 1.54) is 16.7 Å². The van der Waals surface area contributed by atoms with Crippen molar-refractivity contribution < 1.29 is 0 Å². The highest BCUT2D eigenvalue weighted by atomic mass is 14.0. The molecule has 0 saturated carbocycles. The van der Waals surface area contributed by atoms with Crippen LogP contribution < -0.4 is 0 Å². The van der Waals surface area contributed by atoms with Crippen molar-refractivity contribution in [2.45, 2.75) is 13.3 Å². The van der Waals surface area contributed by atoms with Crippen LogP contribution in [0.2, 0.25) is 0 Å². The van der Waals surface area contributed by atoms with E-state index in [2.05, 4.69) is 43.0 Å². The van der Waals surface area contributed by atoms with Crippen LogP contribution in [0.3, 0.4) is 0 Å². The van der Waals surface area contributed by atoms with E-state index in [9.17, 15) is 0 Å². The largest absolute Gasteiger partial charge is 0.117 e. The van der Waals surface area contributed by atoms with Gasteiger partial charge in [-0.15, -0.1) is 5.73 Å². The van der Waals surface area contributed by atoms with Crippen LogP contribution in [0.4, 0.5) is 0 Å². The quantitative estimate of drug-likeness (QED) is 0.595. The maximum absolute atomic E-state index is 3.20. The minimum atomic E-state index is 0.993. The second-order valence-electron chi connectivity index (χ2n) is 3.36. The fourth-order valence-electron chi connectivity index (χ4n) is 1.40. The molecule has 1 aromatic carbocycles. The predicted octanol–water partition coefficient (Wildman–Crippen LogP) is 3.19. The summed E-state index contributed by atoms with van der Waals surface area (Å²) in [4.78, 5) is 0. The van der Waals surface area contributed by atoms with E-state index >= 15 is 0 Å². The van der Waals surface area contributed by atoms with Gasteiger partial charge in [0.25, 0.3) is 0 Å². The first-order valence-corrected chi connectivity index (χ1v) is 4.52. The molecular weight excluding hydrogens is 156 g/mol. The SMILES string of the molecule is Cc1ccc(CC2=C=CC=C2)cc1. The third-order valence-corrected chi connectivity index (χ3v) is 2.18. The Balaban J connectivity index is 2.14. The summed E-state index contributed by atoms with van der Waals surface area (Å²) < 4.78 is 0. The zero-order chi connectivity index (χ0) is 9.10. The first-order valence-electron chi connectivity index (χ1n) is 4.52. The molecule has 0 fully saturated rings. The Kier molecular flexibility index (Phi) is 2.16. The fraction of sp³-hybridized carbons (Fsp3) is 0.154. The highest BCUT2D eigenvalue weighted by Crippen LogP contribution is 2.11. The second kappa shape index (κ2) is 3.47. The maximum Gasteiger partial charge on any atom is 0.00479 e. The summed E-state index contributed by atoms with van der Waals surface area (Å²) in [5, 5.41) is 0. The van der Waals surface area contributed by atoms with Crippen molar-refractivity contribution in [2.24, 2.45) is 0 Å². The van der Waals surface area contributed by atoms with Crippen LogP contribution in [0.1, 0.15) is 11.1 Å². The van der Waals surface area contributed by atoms with Crippen LogP contribution in [-0.2, 0) is 6.42 Å². The Bertz CT molecular complexity index is 385. The Morgan fingerprint density at radius 3 is 2.54 bits per heavy atom. The van der Waals surface area contributed by atoms with E-state index in [1.54, 1.807) is 0 Å². The molecule has 0 radical (unpaired) electrons. The monoisotopic (exact) mass is 168 g/mol. The van der Waals surface area contributed by atoms with Gasteiger partial charge in [0, 0.05) is 6.42 Å². The maximum atomic E-state index is 3.20. The normalized spacial score (nSPS) is 13.5. The third kappa shape index (κ3) is 1.99. The number of hydrogen-bond acceptors (Lipinski definition) is 0. The smallest absolute Gasteiger partial charge is 0.00479 e. The van der Waals surface area contributed by atoms with Gasteiger partial charge < -0.3 is 0 Å². The zero-order valence-corrected chi connectivity index (χ0v) is 7.75. The molecule has 1 aliphatic carbocycles. The highest BCUT2D eigenvalue weighted by Gasteiger charge is 1.97. The van der Waals surface area contributed by atoms with Gasteiger partial charge in [0.15, 0.2) is 0 Å². The Morgan fingerprint density at radius 1 is 1.15 bits per heavy atom. The van der Waals surface area contributed by atoms with E-state index in [4.69, 9.17) is 0 Å². The van der Waals surface area contributed by atoms with Gasteiger partial charge in [-0.2, -0.15) is 0 Å². The molecule has 0 unspecified atom stereocenters. The van der Waals surface area contributed by atoms with Gasteiger partial charge in [0.2, 0.25) is 0 Å². The van der Waals surface area contributed by atoms with Gasteiger partial charge in [-0.25, -0.2) is 0 Å². The number of rotatable bonds is 2. The molecule has 0 aliphatic heterocycles. The minimum Gasteiger partial charge on any atom is -0.117 e. The Labute approximate surface area is 78.9 Å². The van der Waals surface area contributed by atoms with Crippen molar-refractivity contribution in [1.82, 2.24) is 0 Å². The summed E-state index contributed by atoms with van der Waals surface area (Å²) in [7, 11) is 0. The highest BCUT2D eigenvalue weighted by molar-refractivity contribution is 5.34. The van der Waals surface area contributed by atoms with E-state index in [0.29, 0.717) is 0 Å². The molecule has 0 bridgehead atoms. The lowest BCUT2D eigenvalue weighted by atomic mass is 10.1. The molecule has 1 aromatic rings. The summed E-state index contributed by atoms with van der Waals surface area (Å²) in [5.74, 6) is 0. The molecule has 0 spiro atoms. The minimum absolute atomic E-state index is 0.993. The standard InChI is InChI=1S/C13H12/c1-11-6-8-13(9-7-11)10-12-4-2-3-5-12/h2-4,6-9H,10H2,1H3. The van der Waals surface area contributed by atoms with Crippen molar-refractivity contribution in [1.29, 1.82) is 0 Å². The lowest BCUT2D eigenvalue weighted by molar-refractivity contribution is 1.20. The Morgan fingerprint density at radius 2 is 1.92 bits per heavy atom. The first kappa shape index (κ1) is 8.10. The summed E-state index contributed by atoms with van der Waals surface area (Å²) in [6.07, 6.45) is 7.10. The fourth-order valence-corrected chi connectivity index (χ4v) is 1.40. The molecule has 0 heterocycles. The summed E-state index contributed by atoms with van der Waals surface area (Å²) >= 11 is 0. The molecule has 2 rings (SSSR count). The second-order valence-corrected chi connectivity index (χ2v) is 3.36. The third-order valence-electron chi connectivity index (χ3n) is 2.18. The van der Waals surface area contributed by atoms with E-state index in [1.807, 2.05) is 12.2 Å². The molecule has 64 valence electrons. The van der Waals surface area contributed by atoms with Gasteiger partial charge in [0.1, 0.15) is 0 Å². The topological polar surface area (TPSA) is 0 Å². The number of benzene rings is 1. The van der Waals surface area contributed by atoms with Gasteiger partial charge in [-0.05, 0) is 24.1 Å².